The van der Waals surface area contributed by atoms with Crippen molar-refractivity contribution in [2.75, 3.05) is 25.2 Å². The van der Waals surface area contributed by atoms with Crippen molar-refractivity contribution in [2.24, 2.45) is 17.6 Å². The van der Waals surface area contributed by atoms with E-state index in [1.54, 1.807) is 13.0 Å². The van der Waals surface area contributed by atoms with Crippen LogP contribution in [0.5, 0.6) is 5.75 Å². The number of phenols is 1. The number of nitrogens with one attached hydrogen (secondary N) is 1. The van der Waals surface area contributed by atoms with Crippen LogP contribution in [0.1, 0.15) is 50.2 Å². The molecular formula is C28H35N3O9S. The van der Waals surface area contributed by atoms with Gasteiger partial charge >= 0.3 is 0 Å². The number of unbranched alkanes of at least 4 members (excludes halogenated alkanes) is 2. The molecule has 0 spiro atoms. The minimum atomic E-state index is -2.99. The van der Waals surface area contributed by atoms with Gasteiger partial charge in [-0.15, -0.1) is 0 Å². The second-order valence-electron chi connectivity index (χ2n) is 10.9. The minimum Gasteiger partial charge on any atom is -0.508 e. The number of hydrogen-bond donors (Lipinski definition) is 7. The van der Waals surface area contributed by atoms with Gasteiger partial charge in [0.05, 0.1) is 29.3 Å². The molecule has 1 fully saturated rings. The smallest absolute Gasteiger partial charge is 0.283 e. The van der Waals surface area contributed by atoms with Crippen LogP contribution < -0.4 is 11.1 Å². The highest BCUT2D eigenvalue weighted by atomic mass is 32.2. The number of amides is 2. The molecule has 6 atom stereocenters. The molecule has 0 heterocycles. The summed E-state index contributed by atoms with van der Waals surface area (Å²) in [7, 11) is 2.89. The maximum Gasteiger partial charge on any atom is 0.283 e. The molecule has 0 bridgehead atoms. The van der Waals surface area contributed by atoms with E-state index in [0.29, 0.717) is 11.3 Å². The van der Waals surface area contributed by atoms with E-state index in [1.165, 1.54) is 25.1 Å². The fraction of sp³-hybridized carbons (Fsp3) is 0.500. The number of carbonyl (C=O) groups excluding carboxylic acids is 4. The van der Waals surface area contributed by atoms with E-state index >= 15 is 0 Å². The molecule has 3 aliphatic rings. The highest BCUT2D eigenvalue weighted by Crippen LogP contribution is 2.56. The molecule has 1 aromatic carbocycles. The zero-order chi connectivity index (χ0) is 30.5. The summed E-state index contributed by atoms with van der Waals surface area (Å²) in [4.78, 5) is 53.1. The van der Waals surface area contributed by atoms with E-state index < -0.39 is 86.6 Å². The van der Waals surface area contributed by atoms with Gasteiger partial charge in [-0.2, -0.15) is 0 Å². The van der Waals surface area contributed by atoms with E-state index in [2.05, 4.69) is 5.32 Å². The lowest BCUT2D eigenvalue weighted by Gasteiger charge is -2.53. The number of Topliss-reactive ketones (excluding diaryl/α,β-unsaturated/α-hetero) is 2. The third-order valence-electron chi connectivity index (χ3n) is 8.35. The predicted octanol–water partition coefficient (Wildman–Crippen LogP) is 1.95. The van der Waals surface area contributed by atoms with Crippen molar-refractivity contribution in [3.05, 3.63) is 40.2 Å². The summed E-state index contributed by atoms with van der Waals surface area (Å²) in [5.74, 6) is -9.13. The van der Waals surface area contributed by atoms with Crippen LogP contribution in [0, 0.1) is 11.8 Å². The Labute approximate surface area is 240 Å². The fourth-order valence-corrected chi connectivity index (χ4v) is 7.10. The average Bonchev–Trinajstić information content (AvgIpc) is 2.89. The highest BCUT2D eigenvalue weighted by molar-refractivity contribution is 8.13. The van der Waals surface area contributed by atoms with E-state index in [0.717, 1.165) is 31.0 Å². The first-order valence-electron chi connectivity index (χ1n) is 13.3. The lowest BCUT2D eigenvalue weighted by molar-refractivity contribution is -0.169. The van der Waals surface area contributed by atoms with Crippen molar-refractivity contribution in [3.8, 4) is 5.75 Å². The Morgan fingerprint density at radius 2 is 1.80 bits per heavy atom. The number of thioether (sulfide) groups is 1. The quantitative estimate of drug-likeness (QED) is 0.139. The van der Waals surface area contributed by atoms with E-state index in [4.69, 9.17) is 5.73 Å². The highest BCUT2D eigenvalue weighted by Gasteiger charge is 2.68. The summed E-state index contributed by atoms with van der Waals surface area (Å²) in [6.07, 6.45) is 1.12. The van der Waals surface area contributed by atoms with Crippen molar-refractivity contribution in [1.82, 2.24) is 4.90 Å². The Morgan fingerprint density at radius 1 is 1.15 bits per heavy atom. The molecular weight excluding hydrogens is 554 g/mol. The van der Waals surface area contributed by atoms with Crippen LogP contribution in [0.4, 0.5) is 10.5 Å². The monoisotopic (exact) mass is 589 g/mol. The molecule has 0 aromatic heterocycles. The minimum absolute atomic E-state index is 0.0235. The molecule has 1 aromatic rings. The summed E-state index contributed by atoms with van der Waals surface area (Å²) in [6, 6.07) is 1.57. The normalized spacial score (nSPS) is 29.3. The first-order chi connectivity index (χ1) is 19.2. The number of fused-ring (bicyclic) bond motifs is 3. The van der Waals surface area contributed by atoms with Crippen molar-refractivity contribution in [2.45, 2.75) is 56.8 Å². The Morgan fingerprint density at radius 3 is 2.39 bits per heavy atom. The van der Waals surface area contributed by atoms with Crippen LogP contribution in [-0.2, 0) is 14.4 Å². The number of rotatable bonds is 7. The third kappa shape index (κ3) is 4.60. The zero-order valence-electron chi connectivity index (χ0n) is 23.2. The number of primary amides is 1. The van der Waals surface area contributed by atoms with Crippen molar-refractivity contribution < 1.29 is 44.7 Å². The molecule has 222 valence electrons. The van der Waals surface area contributed by atoms with Crippen molar-refractivity contribution in [1.29, 1.82) is 0 Å². The largest absolute Gasteiger partial charge is 0.508 e. The van der Waals surface area contributed by atoms with E-state index in [1.807, 2.05) is 6.92 Å². The Hall–Kier alpha value is -3.39. The molecule has 8 N–H and O–H groups in total. The number of aliphatic hydroxyl groups excluding tert-OH is 3. The maximum atomic E-state index is 14.0. The SMILES string of the molecule is CCCCCSC(=O)Nc1ccc2c(c1O)C(O)=C1C(=O)[C@]3(O)C(O)=C(C(N)=O)C(=O)[C@@H](N(C)C)C3C(O)C1[C@H]2C. The number of aromatic hydroxyl groups is 1. The van der Waals surface area contributed by atoms with Crippen LogP contribution in [0.25, 0.3) is 5.76 Å². The summed E-state index contributed by atoms with van der Waals surface area (Å²) in [5.41, 5.74) is 1.01. The zero-order valence-corrected chi connectivity index (χ0v) is 24.0. The van der Waals surface area contributed by atoms with Gasteiger partial charge in [-0.05, 0) is 38.1 Å². The lowest BCUT2D eigenvalue weighted by atomic mass is 9.54. The third-order valence-corrected chi connectivity index (χ3v) is 9.20. The Balaban J connectivity index is 1.85. The number of hydrogen-bond acceptors (Lipinski definition) is 11. The number of carbonyl (C=O) groups is 4. The summed E-state index contributed by atoms with van der Waals surface area (Å²) in [6.45, 7) is 3.68. The van der Waals surface area contributed by atoms with Gasteiger partial charge in [-0.3, -0.25) is 24.1 Å². The topological polar surface area (TPSA) is 211 Å². The van der Waals surface area contributed by atoms with Gasteiger partial charge in [0.2, 0.25) is 5.78 Å². The number of ketones is 2. The van der Waals surface area contributed by atoms with Gasteiger partial charge in [0.15, 0.2) is 11.4 Å². The average molecular weight is 590 g/mol. The van der Waals surface area contributed by atoms with Gasteiger partial charge in [0, 0.05) is 17.2 Å². The second kappa shape index (κ2) is 11.1. The number of nitrogens with zero attached hydrogens (tertiary/aromatic N) is 1. The van der Waals surface area contributed by atoms with Crippen molar-refractivity contribution >= 4 is 45.9 Å². The Kier molecular flexibility index (Phi) is 8.29. The number of likely N-dealkylation sites (N-methyl/N-ethyl adjacent to an activating group) is 1. The molecule has 0 radical (unpaired) electrons. The van der Waals surface area contributed by atoms with Crippen LogP contribution in [0.15, 0.2) is 29.0 Å². The number of phenolic OH excluding ortho intramolecular Hbond substituents is 1. The molecule has 1 saturated carbocycles. The van der Waals surface area contributed by atoms with Gasteiger partial charge in [-0.25, -0.2) is 0 Å². The molecule has 12 nitrogen and oxygen atoms in total. The molecule has 3 aliphatic carbocycles. The molecule has 4 rings (SSSR count). The lowest BCUT2D eigenvalue weighted by Crippen LogP contribution is -2.70. The second-order valence-corrected chi connectivity index (χ2v) is 12.0. The van der Waals surface area contributed by atoms with E-state index in [9.17, 15) is 44.7 Å². The molecule has 41 heavy (non-hydrogen) atoms. The van der Waals surface area contributed by atoms with Crippen LogP contribution in [0.2, 0.25) is 0 Å². The summed E-state index contributed by atoms with van der Waals surface area (Å²) >= 11 is 1.04. The number of aliphatic hydroxyl groups is 4. The van der Waals surface area contributed by atoms with Gasteiger partial charge in [0.1, 0.15) is 22.8 Å². The van der Waals surface area contributed by atoms with Crippen LogP contribution in [0.3, 0.4) is 0 Å². The van der Waals surface area contributed by atoms with E-state index in [-0.39, 0.29) is 11.3 Å². The Bertz CT molecular complexity index is 1390. The fourth-order valence-electron chi connectivity index (χ4n) is 6.38. The standard InChI is InChI=1S/C28H35N3O9S/c1-5-6-7-10-41-27(39)30-13-9-8-12-11(2)14-16(21(33)15(12)20(13)32)24(36)28(40)18(22(14)34)19(31(3)4)23(35)17(25(28)37)26(29)38/h8-9,11,14,18-19,22,32-34,37,40H,5-7,10H2,1-4H3,(H2,29,38)(H,30,39)/t11-,14?,18?,19-,22?,28-/m0/s1. The molecule has 3 unspecified atom stereocenters. The summed E-state index contributed by atoms with van der Waals surface area (Å²) < 4.78 is 0. The molecule has 0 aliphatic heterocycles. The number of nitrogens with two attached hydrogens (primary N) is 1. The number of anilines is 1. The number of benzene rings is 1. The molecule has 13 heteroatoms. The maximum absolute atomic E-state index is 14.0. The van der Waals surface area contributed by atoms with Crippen LogP contribution in [-0.4, -0.2) is 90.7 Å². The van der Waals surface area contributed by atoms with Gasteiger partial charge < -0.3 is 36.6 Å². The summed E-state index contributed by atoms with van der Waals surface area (Å²) in [5, 5.41) is 59.0. The molecule has 2 amide bonds. The first-order valence-corrected chi connectivity index (χ1v) is 14.3. The van der Waals surface area contributed by atoms with Gasteiger partial charge in [0.25, 0.3) is 11.1 Å². The first kappa shape index (κ1) is 30.6. The molecule has 0 saturated heterocycles. The predicted molar refractivity (Wildman–Crippen MR) is 151 cm³/mol. The van der Waals surface area contributed by atoms with Crippen LogP contribution >= 0.6 is 11.8 Å². The van der Waals surface area contributed by atoms with Crippen molar-refractivity contribution in [3.63, 3.8) is 0 Å². The van der Waals surface area contributed by atoms with Gasteiger partial charge in [-0.1, -0.05) is 44.5 Å².